The van der Waals surface area contributed by atoms with E-state index in [4.69, 9.17) is 4.74 Å². The van der Waals surface area contributed by atoms with Crippen LogP contribution in [-0.2, 0) is 19.6 Å². The summed E-state index contributed by atoms with van der Waals surface area (Å²) in [5, 5.41) is 14.9. The molecule has 2 aromatic carbocycles. The van der Waals surface area contributed by atoms with Crippen LogP contribution in [0.3, 0.4) is 0 Å². The van der Waals surface area contributed by atoms with Crippen LogP contribution >= 0.6 is 0 Å². The van der Waals surface area contributed by atoms with Crippen molar-refractivity contribution < 1.29 is 22.7 Å². The van der Waals surface area contributed by atoms with Crippen molar-refractivity contribution in [2.75, 3.05) is 26.2 Å². The highest BCUT2D eigenvalue weighted by molar-refractivity contribution is 7.89. The Balaban J connectivity index is 1.63. The molecule has 1 saturated heterocycles. The Labute approximate surface area is 206 Å². The molecule has 35 heavy (non-hydrogen) atoms. The second-order valence-electron chi connectivity index (χ2n) is 8.73. The molecule has 2 N–H and O–H groups in total. The predicted octanol–water partition coefficient (Wildman–Crippen LogP) is 1.91. The highest BCUT2D eigenvalue weighted by Gasteiger charge is 2.33. The number of rotatable bonds is 9. The lowest BCUT2D eigenvalue weighted by atomic mass is 10.0. The Hall–Kier alpha value is -3.26. The zero-order chi connectivity index (χ0) is 25.4. The summed E-state index contributed by atoms with van der Waals surface area (Å²) in [6, 6.07) is 15.9. The first-order chi connectivity index (χ1) is 16.7. The van der Waals surface area contributed by atoms with E-state index in [2.05, 4.69) is 10.6 Å². The van der Waals surface area contributed by atoms with E-state index in [0.717, 1.165) is 0 Å². The molecule has 2 atom stereocenters. The third-order valence-electron chi connectivity index (χ3n) is 5.60. The number of ether oxygens (including phenoxy) is 1. The minimum atomic E-state index is -3.89. The number of sulfonamides is 1. The molecule has 186 valence electrons. The summed E-state index contributed by atoms with van der Waals surface area (Å²) in [5.74, 6) is -0.538. The number of carbonyl (C=O) groups excluding carboxylic acids is 2. The average Bonchev–Trinajstić information content (AvgIpc) is 2.87. The molecule has 2 amide bonds. The minimum Gasteiger partial charge on any atom is -0.374 e. The summed E-state index contributed by atoms with van der Waals surface area (Å²) < 4.78 is 33.2. The van der Waals surface area contributed by atoms with Gasteiger partial charge in [0.25, 0.3) is 5.91 Å². The van der Waals surface area contributed by atoms with Crippen LogP contribution in [0.25, 0.3) is 0 Å². The lowest BCUT2D eigenvalue weighted by Crippen LogP contribution is -2.53. The molecule has 0 radical (unpaired) electrons. The fraction of sp³-hybridized carbons (Fsp3) is 0.400. The van der Waals surface area contributed by atoms with E-state index in [1.807, 2.05) is 26.0 Å². The molecule has 0 aromatic heterocycles. The summed E-state index contributed by atoms with van der Waals surface area (Å²) in [6.45, 7) is 4.35. The molecule has 2 aromatic rings. The summed E-state index contributed by atoms with van der Waals surface area (Å²) in [5.41, 5.74) is 0.540. The van der Waals surface area contributed by atoms with Crippen molar-refractivity contribution >= 4 is 21.8 Å². The van der Waals surface area contributed by atoms with Gasteiger partial charge in [-0.1, -0.05) is 44.2 Å². The van der Waals surface area contributed by atoms with Crippen LogP contribution in [0.5, 0.6) is 0 Å². The second kappa shape index (κ2) is 11.9. The quantitative estimate of drug-likeness (QED) is 0.543. The molecule has 1 heterocycles. The Bertz CT molecular complexity index is 1180. The van der Waals surface area contributed by atoms with Crippen molar-refractivity contribution in [1.29, 1.82) is 5.26 Å². The maximum absolute atomic E-state index is 13.1. The van der Waals surface area contributed by atoms with Gasteiger partial charge in [0.2, 0.25) is 15.9 Å². The van der Waals surface area contributed by atoms with Crippen molar-refractivity contribution in [3.8, 4) is 6.07 Å². The number of nitrogens with zero attached hydrogens (tertiary/aromatic N) is 2. The van der Waals surface area contributed by atoms with Crippen LogP contribution in [-0.4, -0.2) is 62.9 Å². The van der Waals surface area contributed by atoms with Gasteiger partial charge in [0.15, 0.2) is 0 Å². The Morgan fingerprint density at radius 2 is 1.83 bits per heavy atom. The molecule has 0 saturated carbocycles. The normalized spacial score (nSPS) is 17.4. The number of nitriles is 1. The van der Waals surface area contributed by atoms with Gasteiger partial charge in [0, 0.05) is 25.2 Å². The highest BCUT2D eigenvalue weighted by atomic mass is 32.2. The van der Waals surface area contributed by atoms with Crippen LogP contribution in [0, 0.1) is 17.2 Å². The van der Waals surface area contributed by atoms with Gasteiger partial charge in [-0.05, 0) is 36.6 Å². The van der Waals surface area contributed by atoms with Crippen molar-refractivity contribution in [3.05, 3.63) is 65.7 Å². The molecule has 0 bridgehead atoms. The fourth-order valence-electron chi connectivity index (χ4n) is 3.83. The monoisotopic (exact) mass is 498 g/mol. The lowest BCUT2D eigenvalue weighted by molar-refractivity contribution is -0.124. The van der Waals surface area contributed by atoms with Gasteiger partial charge in [-0.3, -0.25) is 9.59 Å². The van der Waals surface area contributed by atoms with Gasteiger partial charge < -0.3 is 15.4 Å². The van der Waals surface area contributed by atoms with Crippen LogP contribution in [0.2, 0.25) is 0 Å². The molecule has 3 rings (SSSR count). The number of benzene rings is 2. The third-order valence-corrected chi connectivity index (χ3v) is 7.52. The van der Waals surface area contributed by atoms with Crippen molar-refractivity contribution in [2.24, 2.45) is 5.92 Å². The molecule has 1 aliphatic heterocycles. The maximum atomic E-state index is 13.1. The van der Waals surface area contributed by atoms with Gasteiger partial charge >= 0.3 is 0 Å². The number of hydrogen-bond donors (Lipinski definition) is 2. The highest BCUT2D eigenvalue weighted by Crippen LogP contribution is 2.22. The van der Waals surface area contributed by atoms with Gasteiger partial charge in [-0.15, -0.1) is 0 Å². The van der Waals surface area contributed by atoms with Crippen LogP contribution in [0.4, 0.5) is 0 Å². The van der Waals surface area contributed by atoms with Gasteiger partial charge in [-0.2, -0.15) is 9.57 Å². The van der Waals surface area contributed by atoms with Gasteiger partial charge in [0.1, 0.15) is 12.1 Å². The molecular formula is C25H30N4O5S. The summed E-state index contributed by atoms with van der Waals surface area (Å²) >= 11 is 0. The van der Waals surface area contributed by atoms with E-state index in [0.29, 0.717) is 12.0 Å². The van der Waals surface area contributed by atoms with E-state index >= 15 is 0 Å². The maximum Gasteiger partial charge on any atom is 0.251 e. The second-order valence-corrected chi connectivity index (χ2v) is 10.6. The van der Waals surface area contributed by atoms with E-state index < -0.39 is 22.2 Å². The Kier molecular flexibility index (Phi) is 8.98. The summed E-state index contributed by atoms with van der Waals surface area (Å²) in [4.78, 5) is 25.4. The molecular weight excluding hydrogens is 468 g/mol. The fourth-order valence-corrected chi connectivity index (χ4v) is 5.43. The van der Waals surface area contributed by atoms with E-state index in [1.54, 1.807) is 36.4 Å². The zero-order valence-corrected chi connectivity index (χ0v) is 20.6. The summed E-state index contributed by atoms with van der Waals surface area (Å²) in [6.07, 6.45) is -0.122. The lowest BCUT2D eigenvalue weighted by Gasteiger charge is -2.32. The first-order valence-electron chi connectivity index (χ1n) is 11.5. The average molecular weight is 499 g/mol. The van der Waals surface area contributed by atoms with Crippen molar-refractivity contribution in [1.82, 2.24) is 14.9 Å². The Morgan fingerprint density at radius 3 is 2.51 bits per heavy atom. The smallest absolute Gasteiger partial charge is 0.251 e. The van der Waals surface area contributed by atoms with Crippen molar-refractivity contribution in [3.63, 3.8) is 0 Å². The molecule has 0 aliphatic carbocycles. The molecule has 1 aliphatic rings. The zero-order valence-electron chi connectivity index (χ0n) is 19.8. The van der Waals surface area contributed by atoms with Crippen LogP contribution in [0.1, 0.15) is 36.2 Å². The molecule has 1 fully saturated rings. The number of carbonyl (C=O) groups is 2. The van der Waals surface area contributed by atoms with E-state index in [-0.39, 0.29) is 54.4 Å². The molecule has 9 nitrogen and oxygen atoms in total. The first-order valence-corrected chi connectivity index (χ1v) is 12.9. The number of hydrogen-bond acceptors (Lipinski definition) is 6. The number of amides is 2. The topological polar surface area (TPSA) is 129 Å². The minimum absolute atomic E-state index is 0.0353. The Morgan fingerprint density at radius 1 is 1.14 bits per heavy atom. The van der Waals surface area contributed by atoms with Crippen molar-refractivity contribution in [2.45, 2.75) is 37.3 Å². The molecule has 0 spiro atoms. The third kappa shape index (κ3) is 6.88. The van der Waals surface area contributed by atoms with Crippen LogP contribution in [0.15, 0.2) is 59.5 Å². The standard InChI is InChI=1S/C25H30N4O5S/c1-18(2)14-22(28-24(30)19-8-4-3-5-9-19)25(31)27-16-21-17-29(12-13-34-21)35(32,33)23-11-7-6-10-20(23)15-26/h3-11,18,21-22H,12-14,16-17H2,1-2H3,(H,27,31)(H,28,30)/t21?,22-/m0/s1. The van der Waals surface area contributed by atoms with Crippen LogP contribution < -0.4 is 10.6 Å². The number of nitrogens with one attached hydrogen (secondary N) is 2. The van der Waals surface area contributed by atoms with Gasteiger partial charge in [-0.25, -0.2) is 8.42 Å². The van der Waals surface area contributed by atoms with Gasteiger partial charge in [0.05, 0.1) is 23.2 Å². The summed E-state index contributed by atoms with van der Waals surface area (Å²) in [7, 11) is -3.89. The largest absolute Gasteiger partial charge is 0.374 e. The first kappa shape index (κ1) is 26.3. The molecule has 1 unspecified atom stereocenters. The van der Waals surface area contributed by atoms with E-state index in [1.165, 1.54) is 16.4 Å². The SMILES string of the molecule is CC(C)C[C@H](NC(=O)c1ccccc1)C(=O)NCC1CN(S(=O)(=O)c2ccccc2C#N)CCO1. The number of morpholine rings is 1. The predicted molar refractivity (Wildman–Crippen MR) is 130 cm³/mol. The molecule has 10 heteroatoms. The van der Waals surface area contributed by atoms with E-state index in [9.17, 15) is 23.3 Å².